The lowest BCUT2D eigenvalue weighted by atomic mass is 10.2. The van der Waals surface area contributed by atoms with Crippen LogP contribution in [0.3, 0.4) is 0 Å². The summed E-state index contributed by atoms with van der Waals surface area (Å²) in [5.41, 5.74) is 0. The predicted octanol–water partition coefficient (Wildman–Crippen LogP) is 2.25. The molecule has 0 aliphatic carbocycles. The number of hydrogen-bond donors (Lipinski definition) is 1. The van der Waals surface area contributed by atoms with E-state index in [0.717, 1.165) is 11.3 Å². The van der Waals surface area contributed by atoms with E-state index >= 15 is 0 Å². The van der Waals surface area contributed by atoms with Gasteiger partial charge in [0.25, 0.3) is 5.91 Å². The summed E-state index contributed by atoms with van der Waals surface area (Å²) in [4.78, 5) is 11.6. The maximum Gasteiger partial charge on any atom is 0.274 e. The Hall–Kier alpha value is -1.93. The standard InChI is InChI=1S/C10H5FN2OS/c11-7-2-1-3-8-6(7)4-9(15-8)10(14)13-5-12/h1-4H,(H,13,14). The zero-order chi connectivity index (χ0) is 10.8. The van der Waals surface area contributed by atoms with Crippen molar-refractivity contribution < 1.29 is 9.18 Å². The van der Waals surface area contributed by atoms with E-state index in [4.69, 9.17) is 5.26 Å². The zero-order valence-electron chi connectivity index (χ0n) is 7.45. The van der Waals surface area contributed by atoms with Gasteiger partial charge in [-0.1, -0.05) is 6.07 Å². The van der Waals surface area contributed by atoms with Gasteiger partial charge in [0, 0.05) is 10.1 Å². The fourth-order valence-electron chi connectivity index (χ4n) is 1.25. The Labute approximate surface area is 88.8 Å². The van der Waals surface area contributed by atoms with Gasteiger partial charge in [-0.3, -0.25) is 10.1 Å². The lowest BCUT2D eigenvalue weighted by Gasteiger charge is -1.88. The summed E-state index contributed by atoms with van der Waals surface area (Å²) in [7, 11) is 0. The lowest BCUT2D eigenvalue weighted by Crippen LogP contribution is -2.15. The molecule has 1 N–H and O–H groups in total. The first-order chi connectivity index (χ1) is 7.22. The molecule has 0 atom stereocenters. The molecule has 0 spiro atoms. The van der Waals surface area contributed by atoms with Gasteiger partial charge in [-0.05, 0) is 18.2 Å². The molecule has 0 aliphatic heterocycles. The van der Waals surface area contributed by atoms with Gasteiger partial charge in [-0.15, -0.1) is 11.3 Å². The number of halogens is 1. The number of nitriles is 1. The molecule has 0 saturated heterocycles. The molecule has 5 heteroatoms. The van der Waals surface area contributed by atoms with Crippen LogP contribution in [0, 0.1) is 17.3 Å². The fourth-order valence-corrected chi connectivity index (χ4v) is 2.22. The number of fused-ring (bicyclic) bond motifs is 1. The predicted molar refractivity (Wildman–Crippen MR) is 54.9 cm³/mol. The number of rotatable bonds is 1. The van der Waals surface area contributed by atoms with E-state index in [1.807, 2.05) is 5.32 Å². The Morgan fingerprint density at radius 1 is 1.53 bits per heavy atom. The van der Waals surface area contributed by atoms with Crippen molar-refractivity contribution in [2.24, 2.45) is 0 Å². The van der Waals surface area contributed by atoms with E-state index in [-0.39, 0.29) is 5.82 Å². The minimum atomic E-state index is -0.502. The first kappa shape index (κ1) is 9.62. The Morgan fingerprint density at radius 3 is 3.00 bits per heavy atom. The normalized spacial score (nSPS) is 9.87. The molecule has 0 saturated carbocycles. The summed E-state index contributed by atoms with van der Waals surface area (Å²) >= 11 is 1.16. The highest BCUT2D eigenvalue weighted by atomic mass is 32.1. The molecule has 0 bridgehead atoms. The summed E-state index contributed by atoms with van der Waals surface area (Å²) in [5, 5.41) is 10.7. The van der Waals surface area contributed by atoms with Crippen molar-refractivity contribution in [1.29, 1.82) is 5.26 Å². The van der Waals surface area contributed by atoms with Gasteiger partial charge < -0.3 is 0 Å². The third kappa shape index (κ3) is 1.67. The van der Waals surface area contributed by atoms with Crippen LogP contribution in [0.2, 0.25) is 0 Å². The number of carbonyl (C=O) groups excluding carboxylic acids is 1. The van der Waals surface area contributed by atoms with Crippen LogP contribution >= 0.6 is 11.3 Å². The summed E-state index contributed by atoms with van der Waals surface area (Å²) < 4.78 is 14.0. The molecule has 15 heavy (non-hydrogen) atoms. The van der Waals surface area contributed by atoms with Crippen molar-refractivity contribution in [2.45, 2.75) is 0 Å². The minimum Gasteiger partial charge on any atom is -0.267 e. The monoisotopic (exact) mass is 220 g/mol. The van der Waals surface area contributed by atoms with Crippen molar-refractivity contribution in [3.63, 3.8) is 0 Å². The molecule has 1 heterocycles. The quantitative estimate of drug-likeness (QED) is 0.592. The van der Waals surface area contributed by atoms with Crippen molar-refractivity contribution in [3.8, 4) is 6.19 Å². The molecule has 0 aliphatic rings. The SMILES string of the molecule is N#CNC(=O)c1cc2c(F)cccc2s1. The van der Waals surface area contributed by atoms with Gasteiger partial charge >= 0.3 is 0 Å². The van der Waals surface area contributed by atoms with Gasteiger partial charge in [0.05, 0.1) is 4.88 Å². The van der Waals surface area contributed by atoms with Crippen LogP contribution in [0.1, 0.15) is 9.67 Å². The largest absolute Gasteiger partial charge is 0.274 e. The molecule has 3 nitrogen and oxygen atoms in total. The highest BCUT2D eigenvalue weighted by Gasteiger charge is 2.11. The molecule has 0 radical (unpaired) electrons. The topological polar surface area (TPSA) is 52.9 Å². The molecule has 0 fully saturated rings. The molecular formula is C10H5FN2OS. The third-order valence-electron chi connectivity index (χ3n) is 1.90. The maximum absolute atomic E-state index is 13.3. The van der Waals surface area contributed by atoms with Gasteiger partial charge in [0.15, 0.2) is 6.19 Å². The fraction of sp³-hybridized carbons (Fsp3) is 0. The van der Waals surface area contributed by atoms with Crippen LogP contribution in [0.15, 0.2) is 24.3 Å². The second-order valence-electron chi connectivity index (χ2n) is 2.83. The van der Waals surface area contributed by atoms with Crippen LogP contribution < -0.4 is 5.32 Å². The average Bonchev–Trinajstić information content (AvgIpc) is 2.63. The number of amides is 1. The Bertz CT molecular complexity index is 570. The Morgan fingerprint density at radius 2 is 2.33 bits per heavy atom. The van der Waals surface area contributed by atoms with Crippen molar-refractivity contribution in [2.75, 3.05) is 0 Å². The van der Waals surface area contributed by atoms with Crippen LogP contribution in [0.4, 0.5) is 4.39 Å². The smallest absolute Gasteiger partial charge is 0.267 e. The second kappa shape index (κ2) is 3.67. The number of carbonyl (C=O) groups is 1. The molecule has 2 aromatic rings. The second-order valence-corrected chi connectivity index (χ2v) is 3.91. The Balaban J connectivity index is 2.53. The molecule has 2 rings (SSSR count). The first-order valence-corrected chi connectivity index (χ1v) is 4.91. The van der Waals surface area contributed by atoms with E-state index in [2.05, 4.69) is 0 Å². The third-order valence-corrected chi connectivity index (χ3v) is 3.00. The molecule has 0 unspecified atom stereocenters. The molecular weight excluding hydrogens is 215 g/mol. The van der Waals surface area contributed by atoms with Crippen molar-refractivity contribution in [3.05, 3.63) is 35.0 Å². The maximum atomic E-state index is 13.3. The van der Waals surface area contributed by atoms with Gasteiger partial charge in [0.2, 0.25) is 0 Å². The highest BCUT2D eigenvalue weighted by Crippen LogP contribution is 2.27. The van der Waals surface area contributed by atoms with Gasteiger partial charge in [-0.2, -0.15) is 5.26 Å². The zero-order valence-corrected chi connectivity index (χ0v) is 8.27. The summed E-state index contributed by atoms with van der Waals surface area (Å²) in [5.74, 6) is -0.863. The number of nitrogens with zero attached hydrogens (tertiary/aromatic N) is 1. The highest BCUT2D eigenvalue weighted by molar-refractivity contribution is 7.20. The molecule has 1 aromatic heterocycles. The number of nitrogens with one attached hydrogen (secondary N) is 1. The van der Waals surface area contributed by atoms with Crippen LogP contribution in [0.25, 0.3) is 10.1 Å². The van der Waals surface area contributed by atoms with Crippen molar-refractivity contribution in [1.82, 2.24) is 5.32 Å². The number of hydrogen-bond acceptors (Lipinski definition) is 3. The van der Waals surface area contributed by atoms with E-state index in [9.17, 15) is 9.18 Å². The van der Waals surface area contributed by atoms with E-state index < -0.39 is 5.91 Å². The molecule has 1 aromatic carbocycles. The van der Waals surface area contributed by atoms with E-state index in [0.29, 0.717) is 15.0 Å². The molecule has 1 amide bonds. The van der Waals surface area contributed by atoms with Crippen LogP contribution in [-0.2, 0) is 0 Å². The lowest BCUT2D eigenvalue weighted by molar-refractivity contribution is 0.0977. The summed E-state index contributed by atoms with van der Waals surface area (Å²) in [6.45, 7) is 0. The summed E-state index contributed by atoms with van der Waals surface area (Å²) in [6.07, 6.45) is 1.54. The Kier molecular flexibility index (Phi) is 2.35. The number of benzene rings is 1. The molecule has 74 valence electrons. The van der Waals surface area contributed by atoms with E-state index in [1.165, 1.54) is 18.3 Å². The summed E-state index contributed by atoms with van der Waals surface area (Å²) in [6, 6.07) is 6.09. The van der Waals surface area contributed by atoms with Crippen molar-refractivity contribution >= 4 is 27.3 Å². The van der Waals surface area contributed by atoms with Gasteiger partial charge in [-0.25, -0.2) is 4.39 Å². The van der Waals surface area contributed by atoms with E-state index in [1.54, 1.807) is 12.1 Å². The number of thiophene rings is 1. The minimum absolute atomic E-state index is 0.330. The first-order valence-electron chi connectivity index (χ1n) is 4.10. The van der Waals surface area contributed by atoms with Gasteiger partial charge in [0.1, 0.15) is 5.82 Å². The van der Waals surface area contributed by atoms with Crippen LogP contribution in [-0.4, -0.2) is 5.91 Å². The average molecular weight is 220 g/mol. The van der Waals surface area contributed by atoms with Crippen LogP contribution in [0.5, 0.6) is 0 Å².